The van der Waals surface area contributed by atoms with Crippen molar-refractivity contribution in [1.82, 2.24) is 0 Å². The van der Waals surface area contributed by atoms with Crippen molar-refractivity contribution in [3.8, 4) is 0 Å². The first-order valence-corrected chi connectivity index (χ1v) is 5.26. The third-order valence-corrected chi connectivity index (χ3v) is 2.54. The minimum Gasteiger partial charge on any atom is -0.543 e. The second-order valence-electron chi connectivity index (χ2n) is 3.84. The van der Waals surface area contributed by atoms with E-state index < -0.39 is 17.7 Å². The number of carbonyl (C=O) groups excluding carboxylic acids is 1. The van der Waals surface area contributed by atoms with E-state index in [1.54, 1.807) is 0 Å². The number of aliphatic imine (C=N–C) groups is 1. The van der Waals surface area contributed by atoms with Crippen LogP contribution in [0.4, 0.5) is 18.9 Å². The van der Waals surface area contributed by atoms with Gasteiger partial charge >= 0.3 is 6.18 Å². The van der Waals surface area contributed by atoms with Gasteiger partial charge in [0.1, 0.15) is 0 Å². The lowest BCUT2D eigenvalue weighted by Crippen LogP contribution is -2.40. The number of benzene rings is 1. The molecule has 0 aromatic heterocycles. The van der Waals surface area contributed by atoms with Crippen LogP contribution in [0.15, 0.2) is 41.7 Å². The van der Waals surface area contributed by atoms with E-state index in [1.807, 2.05) is 0 Å². The number of carboxylic acid groups (broad SMARTS) is 1. The van der Waals surface area contributed by atoms with Gasteiger partial charge in [-0.2, -0.15) is 13.2 Å². The predicted octanol–water partition coefficient (Wildman–Crippen LogP) is 1.19. The Balaban J connectivity index is 2.27. The number of hydrogen-bond acceptors (Lipinski definition) is 4. The lowest BCUT2D eigenvalue weighted by Gasteiger charge is -2.24. The fraction of sp³-hybridized carbons (Fsp3) is 0.167. The van der Waals surface area contributed by atoms with Crippen LogP contribution in [0, 0.1) is 0 Å². The van der Waals surface area contributed by atoms with Gasteiger partial charge in [0.2, 0.25) is 0 Å². The van der Waals surface area contributed by atoms with Crippen molar-refractivity contribution in [3.05, 3.63) is 42.2 Å². The molecule has 0 spiro atoms. The van der Waals surface area contributed by atoms with Gasteiger partial charge in [0.15, 0.2) is 0 Å². The maximum atomic E-state index is 12.6. The van der Waals surface area contributed by atoms with Crippen molar-refractivity contribution in [2.75, 3.05) is 11.4 Å². The molecule has 19 heavy (non-hydrogen) atoms. The summed E-state index contributed by atoms with van der Waals surface area (Å²) in [5, 5.41) is 10.7. The summed E-state index contributed by atoms with van der Waals surface area (Å²) in [5.41, 5.74) is -0.796. The van der Waals surface area contributed by atoms with Gasteiger partial charge in [-0.15, -0.1) is 0 Å². The molecule has 0 fully saturated rings. The van der Waals surface area contributed by atoms with E-state index in [2.05, 4.69) is 4.99 Å². The van der Waals surface area contributed by atoms with Crippen molar-refractivity contribution in [3.63, 3.8) is 0 Å². The molecule has 4 nitrogen and oxygen atoms in total. The SMILES string of the molecule is O=C([O-])C1=NC=CN(c2cccc(C(F)(F)F)c2)C1. The lowest BCUT2D eigenvalue weighted by molar-refractivity contribution is -0.294. The van der Waals surface area contributed by atoms with Crippen molar-refractivity contribution in [2.45, 2.75) is 6.18 Å². The van der Waals surface area contributed by atoms with Crippen molar-refractivity contribution < 1.29 is 23.1 Å². The zero-order valence-electron chi connectivity index (χ0n) is 9.52. The molecule has 1 heterocycles. The summed E-state index contributed by atoms with van der Waals surface area (Å²) >= 11 is 0. The molecule has 2 rings (SSSR count). The van der Waals surface area contributed by atoms with Crippen LogP contribution < -0.4 is 10.0 Å². The van der Waals surface area contributed by atoms with E-state index in [0.717, 1.165) is 12.1 Å². The van der Waals surface area contributed by atoms with Gasteiger partial charge in [0.05, 0.1) is 23.8 Å². The molecule has 100 valence electrons. The number of hydrogen-bond donors (Lipinski definition) is 0. The van der Waals surface area contributed by atoms with Crippen molar-refractivity contribution in [1.29, 1.82) is 0 Å². The Morgan fingerprint density at radius 2 is 2.11 bits per heavy atom. The molecule has 0 amide bonds. The molecule has 1 aliphatic heterocycles. The normalized spacial score (nSPS) is 15.3. The molecule has 7 heteroatoms. The average molecular weight is 269 g/mol. The van der Waals surface area contributed by atoms with Gasteiger partial charge in [-0.25, -0.2) is 0 Å². The highest BCUT2D eigenvalue weighted by Crippen LogP contribution is 2.31. The van der Waals surface area contributed by atoms with Gasteiger partial charge in [0.25, 0.3) is 0 Å². The summed E-state index contributed by atoms with van der Waals surface area (Å²) < 4.78 is 37.7. The van der Waals surface area contributed by atoms with E-state index in [-0.39, 0.29) is 17.9 Å². The maximum absolute atomic E-state index is 12.6. The molecule has 0 atom stereocenters. The molecule has 0 unspecified atom stereocenters. The second-order valence-corrected chi connectivity index (χ2v) is 3.84. The Labute approximate surface area is 106 Å². The maximum Gasteiger partial charge on any atom is 0.416 e. The molecule has 1 aliphatic rings. The third-order valence-electron chi connectivity index (χ3n) is 2.54. The standard InChI is InChI=1S/C12H9F3N2O2/c13-12(14,15)8-2-1-3-9(6-8)17-5-4-16-10(7-17)11(18)19/h1-6H,7H2,(H,18,19)/p-1. The van der Waals surface area contributed by atoms with Crippen molar-refractivity contribution >= 4 is 17.4 Å². The minimum absolute atomic E-state index is 0.139. The number of nitrogens with zero attached hydrogens (tertiary/aromatic N) is 2. The molecular formula is C12H8F3N2O2-. The number of rotatable bonds is 2. The summed E-state index contributed by atoms with van der Waals surface area (Å²) in [6.45, 7) is -0.139. The quantitative estimate of drug-likeness (QED) is 0.810. The molecule has 0 saturated carbocycles. The van der Waals surface area contributed by atoms with Gasteiger partial charge in [0, 0.05) is 18.1 Å². The summed E-state index contributed by atoms with van der Waals surface area (Å²) in [6.07, 6.45) is -1.84. The highest BCUT2D eigenvalue weighted by Gasteiger charge is 2.30. The smallest absolute Gasteiger partial charge is 0.416 e. The van der Waals surface area contributed by atoms with Crippen LogP contribution in [0.1, 0.15) is 5.56 Å². The molecule has 0 bridgehead atoms. The van der Waals surface area contributed by atoms with Gasteiger partial charge in [-0.3, -0.25) is 4.99 Å². The van der Waals surface area contributed by atoms with Crippen LogP contribution in [0.25, 0.3) is 0 Å². The first-order chi connectivity index (χ1) is 8.88. The summed E-state index contributed by atoms with van der Waals surface area (Å²) in [4.78, 5) is 15.6. The van der Waals surface area contributed by atoms with Crippen LogP contribution in [-0.2, 0) is 11.0 Å². The number of halogens is 3. The average Bonchev–Trinajstić information content (AvgIpc) is 2.38. The van der Waals surface area contributed by atoms with Crippen LogP contribution in [0.5, 0.6) is 0 Å². The summed E-state index contributed by atoms with van der Waals surface area (Å²) in [5.74, 6) is -1.44. The largest absolute Gasteiger partial charge is 0.543 e. The van der Waals surface area contributed by atoms with Gasteiger partial charge in [-0.1, -0.05) is 6.07 Å². The third kappa shape index (κ3) is 2.93. The van der Waals surface area contributed by atoms with Gasteiger partial charge < -0.3 is 14.8 Å². The number of anilines is 1. The van der Waals surface area contributed by atoms with Crippen LogP contribution in [0.3, 0.4) is 0 Å². The zero-order chi connectivity index (χ0) is 14.0. The Bertz CT molecular complexity index is 564. The zero-order valence-corrected chi connectivity index (χ0v) is 9.52. The predicted molar refractivity (Wildman–Crippen MR) is 60.4 cm³/mol. The number of alkyl halides is 3. The van der Waals surface area contributed by atoms with Crippen molar-refractivity contribution in [2.24, 2.45) is 4.99 Å². The Morgan fingerprint density at radius 3 is 2.74 bits per heavy atom. The molecule has 1 aromatic rings. The monoisotopic (exact) mass is 269 g/mol. The molecule has 0 saturated heterocycles. The fourth-order valence-corrected chi connectivity index (χ4v) is 1.61. The van der Waals surface area contributed by atoms with Crippen LogP contribution >= 0.6 is 0 Å². The van der Waals surface area contributed by atoms with Crippen LogP contribution in [-0.4, -0.2) is 18.2 Å². The minimum atomic E-state index is -4.44. The van der Waals surface area contributed by atoms with E-state index >= 15 is 0 Å². The highest BCUT2D eigenvalue weighted by molar-refractivity contribution is 6.36. The summed E-state index contributed by atoms with van der Waals surface area (Å²) in [7, 11) is 0. The molecule has 0 N–H and O–H groups in total. The van der Waals surface area contributed by atoms with Gasteiger partial charge in [-0.05, 0) is 18.2 Å². The fourth-order valence-electron chi connectivity index (χ4n) is 1.61. The van der Waals surface area contributed by atoms with E-state index in [4.69, 9.17) is 0 Å². The summed E-state index contributed by atoms with van der Waals surface area (Å²) in [6, 6.07) is 4.61. The molecular weight excluding hydrogens is 261 g/mol. The van der Waals surface area contributed by atoms with Crippen LogP contribution in [0.2, 0.25) is 0 Å². The van der Waals surface area contributed by atoms with E-state index in [9.17, 15) is 23.1 Å². The number of carboxylic acids is 1. The Hall–Kier alpha value is -2.31. The lowest BCUT2D eigenvalue weighted by atomic mass is 10.1. The number of carbonyl (C=O) groups is 1. The molecule has 1 aromatic carbocycles. The topological polar surface area (TPSA) is 55.7 Å². The van der Waals surface area contributed by atoms with E-state index in [1.165, 1.54) is 29.4 Å². The molecule has 0 radical (unpaired) electrons. The first-order valence-electron chi connectivity index (χ1n) is 5.26. The second kappa shape index (κ2) is 4.75. The number of aliphatic carboxylic acids is 1. The Kier molecular flexibility index (Phi) is 3.28. The van der Waals surface area contributed by atoms with E-state index in [0.29, 0.717) is 0 Å². The first kappa shape index (κ1) is 13.1. The molecule has 0 aliphatic carbocycles. The Morgan fingerprint density at radius 1 is 1.37 bits per heavy atom. The highest BCUT2D eigenvalue weighted by atomic mass is 19.4.